The first kappa shape index (κ1) is 23.7. The van der Waals surface area contributed by atoms with Crippen LogP contribution in [0.3, 0.4) is 0 Å². The molecule has 1 saturated heterocycles. The summed E-state index contributed by atoms with van der Waals surface area (Å²) in [6.07, 6.45) is 1.12. The number of pyridine rings is 1. The topological polar surface area (TPSA) is 107 Å². The number of anilines is 3. The van der Waals surface area contributed by atoms with Crippen molar-refractivity contribution in [3.63, 3.8) is 0 Å². The van der Waals surface area contributed by atoms with Crippen molar-refractivity contribution >= 4 is 23.2 Å². The molecule has 3 heterocycles. The summed E-state index contributed by atoms with van der Waals surface area (Å²) in [5.74, 6) is -3.37. The van der Waals surface area contributed by atoms with Crippen LogP contribution < -0.4 is 15.4 Å². The normalized spacial score (nSPS) is 18.2. The molecule has 0 unspecified atom stereocenters. The Morgan fingerprint density at radius 2 is 2.06 bits per heavy atom. The van der Waals surface area contributed by atoms with Gasteiger partial charge < -0.3 is 24.8 Å². The van der Waals surface area contributed by atoms with Crippen LogP contribution in [-0.4, -0.2) is 52.4 Å². The molecular formula is C21H27F2N5O4. The van der Waals surface area contributed by atoms with Gasteiger partial charge >= 0.3 is 5.92 Å². The first-order chi connectivity index (χ1) is 14.9. The predicted octanol–water partition coefficient (Wildman–Crippen LogP) is 3.57. The molecule has 0 aliphatic carbocycles. The molecule has 1 atom stereocenters. The van der Waals surface area contributed by atoms with Crippen LogP contribution in [0.25, 0.3) is 0 Å². The summed E-state index contributed by atoms with van der Waals surface area (Å²) in [6.45, 7) is 8.57. The number of ether oxygens (including phenoxy) is 3. The van der Waals surface area contributed by atoms with E-state index >= 15 is 0 Å². The molecule has 1 aliphatic heterocycles. The van der Waals surface area contributed by atoms with E-state index < -0.39 is 17.3 Å². The van der Waals surface area contributed by atoms with Gasteiger partial charge in [-0.05, 0) is 20.8 Å². The predicted molar refractivity (Wildman–Crippen MR) is 113 cm³/mol. The maximum absolute atomic E-state index is 13.8. The Kier molecular flexibility index (Phi) is 6.89. The molecule has 2 N–H and O–H groups in total. The average Bonchev–Trinajstić information content (AvgIpc) is 2.65. The molecule has 2 aromatic rings. The van der Waals surface area contributed by atoms with E-state index in [2.05, 4.69) is 25.6 Å². The van der Waals surface area contributed by atoms with Crippen LogP contribution in [0.2, 0.25) is 0 Å². The highest BCUT2D eigenvalue weighted by atomic mass is 19.3. The van der Waals surface area contributed by atoms with Crippen molar-refractivity contribution in [2.24, 2.45) is 0 Å². The van der Waals surface area contributed by atoms with E-state index in [1.54, 1.807) is 6.92 Å². The van der Waals surface area contributed by atoms with Gasteiger partial charge in [0.05, 0.1) is 30.7 Å². The zero-order chi connectivity index (χ0) is 23.5. The van der Waals surface area contributed by atoms with Crippen molar-refractivity contribution in [3.8, 4) is 5.75 Å². The number of hydrogen-bond donors (Lipinski definition) is 2. The Morgan fingerprint density at radius 1 is 1.31 bits per heavy atom. The highest BCUT2D eigenvalue weighted by Crippen LogP contribution is 2.31. The van der Waals surface area contributed by atoms with E-state index in [4.69, 9.17) is 14.2 Å². The van der Waals surface area contributed by atoms with Crippen LogP contribution in [0.4, 0.5) is 26.1 Å². The van der Waals surface area contributed by atoms with Crippen LogP contribution in [0, 0.1) is 6.92 Å². The van der Waals surface area contributed by atoms with Crippen molar-refractivity contribution in [2.45, 2.75) is 52.2 Å². The molecule has 0 spiro atoms. The summed E-state index contributed by atoms with van der Waals surface area (Å²) < 4.78 is 44.9. The molecular weight excluding hydrogens is 424 g/mol. The lowest BCUT2D eigenvalue weighted by atomic mass is 10.1. The second-order valence-corrected chi connectivity index (χ2v) is 8.30. The summed E-state index contributed by atoms with van der Waals surface area (Å²) in [4.78, 5) is 23.3. The fourth-order valence-corrected chi connectivity index (χ4v) is 3.09. The molecule has 1 fully saturated rings. The molecule has 3 rings (SSSR count). The Hall–Kier alpha value is -2.92. The number of carbonyl (C=O) groups is 1. The first-order valence-electron chi connectivity index (χ1n) is 10.1. The summed E-state index contributed by atoms with van der Waals surface area (Å²) in [5, 5.41) is 5.55. The molecule has 0 bridgehead atoms. The van der Waals surface area contributed by atoms with Crippen LogP contribution in [-0.2, 0) is 20.2 Å². The van der Waals surface area contributed by atoms with E-state index in [0.29, 0.717) is 30.3 Å². The third kappa shape index (κ3) is 6.54. The molecule has 1 aliphatic rings. The van der Waals surface area contributed by atoms with Gasteiger partial charge in [0, 0.05) is 31.7 Å². The van der Waals surface area contributed by atoms with Gasteiger partial charge in [-0.1, -0.05) is 0 Å². The number of halogens is 2. The quantitative estimate of drug-likeness (QED) is 0.658. The van der Waals surface area contributed by atoms with Crippen LogP contribution in [0.5, 0.6) is 5.75 Å². The maximum Gasteiger partial charge on any atom is 0.303 e. The van der Waals surface area contributed by atoms with Gasteiger partial charge in [0.15, 0.2) is 5.75 Å². The largest absolute Gasteiger partial charge is 0.487 e. The van der Waals surface area contributed by atoms with E-state index in [9.17, 15) is 13.6 Å². The second-order valence-electron chi connectivity index (χ2n) is 8.30. The third-order valence-electron chi connectivity index (χ3n) is 4.34. The van der Waals surface area contributed by atoms with Crippen molar-refractivity contribution in [1.82, 2.24) is 15.0 Å². The third-order valence-corrected chi connectivity index (χ3v) is 4.34. The lowest BCUT2D eigenvalue weighted by Crippen LogP contribution is -2.45. The minimum absolute atomic E-state index is 0.150. The minimum atomic E-state index is -3.20. The van der Waals surface area contributed by atoms with Gasteiger partial charge in [0.25, 0.3) is 0 Å². The smallest absolute Gasteiger partial charge is 0.303 e. The molecule has 9 nitrogen and oxygen atoms in total. The maximum atomic E-state index is 13.8. The summed E-state index contributed by atoms with van der Waals surface area (Å²) >= 11 is 0. The summed E-state index contributed by atoms with van der Waals surface area (Å²) in [6, 6.07) is 3.05. The lowest BCUT2D eigenvalue weighted by molar-refractivity contribution is -0.189. The van der Waals surface area contributed by atoms with Crippen LogP contribution in [0.15, 0.2) is 18.3 Å². The number of aromatic nitrogens is 3. The molecule has 174 valence electrons. The van der Waals surface area contributed by atoms with E-state index in [1.165, 1.54) is 25.3 Å². The standard InChI is InChI=1S/C21H27F2N5O4/c1-12-6-18(28-19(25-12)21(5,22)23)27-15-7-17(26-13(2)29)24-8-16(15)31-10-14-9-30-11-20(3,4)32-14/h6-8,14H,9-11H2,1-5H3,(H2,24,25,26,27,28,29)/t14-/m0/s1. The molecule has 2 aromatic heterocycles. The second kappa shape index (κ2) is 9.29. The van der Waals surface area contributed by atoms with Crippen molar-refractivity contribution in [1.29, 1.82) is 0 Å². The highest BCUT2D eigenvalue weighted by molar-refractivity contribution is 5.88. The van der Waals surface area contributed by atoms with E-state index in [1.807, 2.05) is 13.8 Å². The van der Waals surface area contributed by atoms with E-state index in [0.717, 1.165) is 6.92 Å². The lowest BCUT2D eigenvalue weighted by Gasteiger charge is -2.35. The van der Waals surface area contributed by atoms with Crippen molar-refractivity contribution in [3.05, 3.63) is 29.8 Å². The average molecular weight is 451 g/mol. The van der Waals surface area contributed by atoms with Gasteiger partial charge in [-0.15, -0.1) is 0 Å². The van der Waals surface area contributed by atoms with Gasteiger partial charge in [-0.25, -0.2) is 15.0 Å². The number of aryl methyl sites for hydroxylation is 1. The molecule has 1 amide bonds. The summed E-state index contributed by atoms with van der Waals surface area (Å²) in [5.41, 5.74) is 0.317. The molecule has 0 aromatic carbocycles. The molecule has 0 saturated carbocycles. The van der Waals surface area contributed by atoms with Gasteiger partial charge in [0.1, 0.15) is 24.3 Å². The van der Waals surface area contributed by atoms with Crippen molar-refractivity contribution < 1.29 is 27.8 Å². The number of nitrogens with one attached hydrogen (secondary N) is 2. The molecule has 32 heavy (non-hydrogen) atoms. The minimum Gasteiger partial charge on any atom is -0.487 e. The van der Waals surface area contributed by atoms with Gasteiger partial charge in [-0.2, -0.15) is 8.78 Å². The summed E-state index contributed by atoms with van der Waals surface area (Å²) in [7, 11) is 0. The van der Waals surface area contributed by atoms with Crippen LogP contribution >= 0.6 is 0 Å². The fraction of sp³-hybridized carbons (Fsp3) is 0.524. The Labute approximate surface area is 184 Å². The molecule has 11 heteroatoms. The number of carbonyl (C=O) groups excluding carboxylic acids is 1. The zero-order valence-electron chi connectivity index (χ0n) is 18.7. The number of hydrogen-bond acceptors (Lipinski definition) is 8. The fourth-order valence-electron chi connectivity index (χ4n) is 3.09. The van der Waals surface area contributed by atoms with Gasteiger partial charge in [-0.3, -0.25) is 4.79 Å². The number of rotatable bonds is 7. The zero-order valence-corrected chi connectivity index (χ0v) is 18.7. The number of alkyl halides is 2. The van der Waals surface area contributed by atoms with Crippen molar-refractivity contribution in [2.75, 3.05) is 30.5 Å². The number of nitrogens with zero attached hydrogens (tertiary/aromatic N) is 3. The van der Waals surface area contributed by atoms with Gasteiger partial charge in [0.2, 0.25) is 11.7 Å². The molecule has 0 radical (unpaired) electrons. The Bertz CT molecular complexity index is 981. The van der Waals surface area contributed by atoms with Crippen LogP contribution in [0.1, 0.15) is 39.2 Å². The Balaban J connectivity index is 1.85. The Morgan fingerprint density at radius 3 is 2.72 bits per heavy atom. The monoisotopic (exact) mass is 451 g/mol. The number of amides is 1. The van der Waals surface area contributed by atoms with E-state index in [-0.39, 0.29) is 30.3 Å². The SMILES string of the molecule is CC(=O)Nc1cc(Nc2cc(C)nc(C(C)(F)F)n2)c(OC[C@@H]2COCC(C)(C)O2)cn1. The first-order valence-corrected chi connectivity index (χ1v) is 10.1. The highest BCUT2D eigenvalue weighted by Gasteiger charge is 2.30.